The minimum atomic E-state index is -2.57. The summed E-state index contributed by atoms with van der Waals surface area (Å²) in [7, 11) is 1.61. The van der Waals surface area contributed by atoms with Gasteiger partial charge >= 0.3 is 0 Å². The zero-order chi connectivity index (χ0) is 21.0. The van der Waals surface area contributed by atoms with Crippen molar-refractivity contribution in [2.45, 2.75) is 25.2 Å². The normalized spacial score (nSPS) is 19.8. The zero-order valence-electron chi connectivity index (χ0n) is 17.4. The molecule has 4 rings (SSSR count). The van der Waals surface area contributed by atoms with Gasteiger partial charge in [0.25, 0.3) is 5.92 Å². The molecule has 0 bridgehead atoms. The first-order valence-electron chi connectivity index (χ1n) is 10.6. The number of alkyl halides is 2. The summed E-state index contributed by atoms with van der Waals surface area (Å²) in [5.74, 6) is -0.433. The molecule has 2 aliphatic rings. The molecule has 1 aromatic carbocycles. The molecule has 0 atom stereocenters. The summed E-state index contributed by atoms with van der Waals surface area (Å²) in [6, 6.07) is 3.80. The van der Waals surface area contributed by atoms with Gasteiger partial charge in [-0.1, -0.05) is 0 Å². The van der Waals surface area contributed by atoms with Gasteiger partial charge in [-0.3, -0.25) is 4.90 Å². The molecule has 1 aromatic heterocycles. The molecule has 3 heterocycles. The lowest BCUT2D eigenvalue weighted by Crippen LogP contribution is -2.44. The number of piperidine rings is 1. The van der Waals surface area contributed by atoms with Gasteiger partial charge in [0.2, 0.25) is 0 Å². The van der Waals surface area contributed by atoms with Crippen molar-refractivity contribution in [1.82, 2.24) is 20.2 Å². The fourth-order valence-corrected chi connectivity index (χ4v) is 4.16. The van der Waals surface area contributed by atoms with Gasteiger partial charge in [-0.15, -0.1) is 0 Å². The van der Waals surface area contributed by atoms with E-state index in [4.69, 9.17) is 9.47 Å². The predicted octanol–water partition coefficient (Wildman–Crippen LogP) is 2.55. The van der Waals surface area contributed by atoms with Crippen molar-refractivity contribution in [3.05, 3.63) is 18.5 Å². The van der Waals surface area contributed by atoms with E-state index in [1.165, 1.54) is 0 Å². The quantitative estimate of drug-likeness (QED) is 0.690. The molecule has 9 heteroatoms. The molecule has 0 amide bonds. The van der Waals surface area contributed by atoms with Crippen LogP contribution < -0.4 is 19.7 Å². The monoisotopic (exact) mass is 421 g/mol. The molecule has 0 spiro atoms. The highest BCUT2D eigenvalue weighted by Gasteiger charge is 2.34. The van der Waals surface area contributed by atoms with Crippen molar-refractivity contribution in [2.75, 3.05) is 64.4 Å². The second kappa shape index (κ2) is 9.26. The fraction of sp³-hybridized carbons (Fsp3) is 0.619. The maximum atomic E-state index is 13.5. The van der Waals surface area contributed by atoms with Crippen LogP contribution in [-0.2, 0) is 0 Å². The first-order chi connectivity index (χ1) is 14.6. The Hall–Kier alpha value is -2.26. The largest absolute Gasteiger partial charge is 0.493 e. The summed E-state index contributed by atoms with van der Waals surface area (Å²) in [6.07, 6.45) is 2.78. The molecule has 1 N–H and O–H groups in total. The molecule has 2 aromatic rings. The Morgan fingerprint density at radius 2 is 1.97 bits per heavy atom. The van der Waals surface area contributed by atoms with Crippen molar-refractivity contribution >= 4 is 16.7 Å². The highest BCUT2D eigenvalue weighted by Crippen LogP contribution is 2.35. The highest BCUT2D eigenvalue weighted by molar-refractivity contribution is 5.92. The van der Waals surface area contributed by atoms with Crippen molar-refractivity contribution in [1.29, 1.82) is 0 Å². The van der Waals surface area contributed by atoms with Crippen LogP contribution >= 0.6 is 0 Å². The summed E-state index contributed by atoms with van der Waals surface area (Å²) in [5.41, 5.74) is 0.796. The molecule has 30 heavy (non-hydrogen) atoms. The Morgan fingerprint density at radius 3 is 2.73 bits per heavy atom. The molecule has 2 fully saturated rings. The zero-order valence-corrected chi connectivity index (χ0v) is 17.4. The topological polar surface area (TPSA) is 62.8 Å². The van der Waals surface area contributed by atoms with E-state index in [1.54, 1.807) is 13.4 Å². The van der Waals surface area contributed by atoms with E-state index in [1.807, 2.05) is 17.0 Å². The number of hydrogen-bond acceptors (Lipinski definition) is 7. The molecule has 7 nitrogen and oxygen atoms in total. The molecule has 2 saturated heterocycles. The Bertz CT molecular complexity index is 861. The molecular formula is C21H29F2N5O2. The van der Waals surface area contributed by atoms with Crippen molar-refractivity contribution in [3.8, 4) is 11.5 Å². The molecule has 0 saturated carbocycles. The predicted molar refractivity (Wildman–Crippen MR) is 112 cm³/mol. The average Bonchev–Trinajstić information content (AvgIpc) is 2.75. The van der Waals surface area contributed by atoms with Crippen LogP contribution in [0.4, 0.5) is 14.6 Å². The Morgan fingerprint density at radius 1 is 1.13 bits per heavy atom. The van der Waals surface area contributed by atoms with Crippen molar-refractivity contribution < 1.29 is 18.3 Å². The first kappa shape index (κ1) is 21.0. The summed E-state index contributed by atoms with van der Waals surface area (Å²) < 4.78 is 38.6. The van der Waals surface area contributed by atoms with Crippen LogP contribution in [0.25, 0.3) is 10.9 Å². The second-order valence-corrected chi connectivity index (χ2v) is 7.89. The summed E-state index contributed by atoms with van der Waals surface area (Å²) in [5, 5.41) is 4.28. The second-order valence-electron chi connectivity index (χ2n) is 7.89. The molecule has 0 radical (unpaired) electrons. The number of hydrogen-bond donors (Lipinski definition) is 1. The third kappa shape index (κ3) is 4.89. The van der Waals surface area contributed by atoms with Gasteiger partial charge in [-0.2, -0.15) is 0 Å². The van der Waals surface area contributed by atoms with E-state index < -0.39 is 5.92 Å². The van der Waals surface area contributed by atoms with E-state index in [-0.39, 0.29) is 13.0 Å². The molecule has 164 valence electrons. The maximum Gasteiger partial charge on any atom is 0.260 e. The number of benzene rings is 1. The lowest BCUT2D eigenvalue weighted by atomic mass is 10.1. The van der Waals surface area contributed by atoms with Gasteiger partial charge in [-0.25, -0.2) is 18.7 Å². The lowest BCUT2D eigenvalue weighted by Gasteiger charge is -2.32. The molecule has 0 unspecified atom stereocenters. The van der Waals surface area contributed by atoms with E-state index >= 15 is 0 Å². The maximum absolute atomic E-state index is 13.5. The Labute approximate surface area is 175 Å². The van der Waals surface area contributed by atoms with Crippen LogP contribution in [-0.4, -0.2) is 80.3 Å². The number of nitrogens with zero attached hydrogens (tertiary/aromatic N) is 4. The summed E-state index contributed by atoms with van der Waals surface area (Å²) in [4.78, 5) is 13.0. The molecule has 0 aliphatic carbocycles. The summed E-state index contributed by atoms with van der Waals surface area (Å²) >= 11 is 0. The minimum absolute atomic E-state index is 0.00786. The van der Waals surface area contributed by atoms with Gasteiger partial charge < -0.3 is 19.7 Å². The standard InChI is InChI=1S/C21H29F2N5O2/c1-29-18-12-16-17(25-15-26-20(16)28-9-5-24-6-10-28)13-19(18)30-11-3-8-27-7-2-4-21(22,23)14-27/h12-13,15,24H,2-11,14H2,1H3. The van der Waals surface area contributed by atoms with Gasteiger partial charge in [0, 0.05) is 50.6 Å². The number of fused-ring (bicyclic) bond motifs is 1. The number of methoxy groups -OCH3 is 1. The van der Waals surface area contributed by atoms with Crippen molar-refractivity contribution in [2.24, 2.45) is 0 Å². The van der Waals surface area contributed by atoms with Gasteiger partial charge in [-0.05, 0) is 25.5 Å². The number of likely N-dealkylation sites (tertiary alicyclic amines) is 1. The molecular weight excluding hydrogens is 392 g/mol. The van der Waals surface area contributed by atoms with Crippen LogP contribution in [0, 0.1) is 0 Å². The van der Waals surface area contributed by atoms with Gasteiger partial charge in [0.1, 0.15) is 12.1 Å². The van der Waals surface area contributed by atoms with E-state index in [2.05, 4.69) is 20.2 Å². The van der Waals surface area contributed by atoms with E-state index in [9.17, 15) is 8.78 Å². The van der Waals surface area contributed by atoms with E-state index in [0.29, 0.717) is 37.5 Å². The number of anilines is 1. The number of halogens is 2. The smallest absolute Gasteiger partial charge is 0.260 e. The van der Waals surface area contributed by atoms with E-state index in [0.717, 1.165) is 49.4 Å². The van der Waals surface area contributed by atoms with Gasteiger partial charge in [0.05, 0.1) is 25.8 Å². The number of nitrogens with one attached hydrogen (secondary N) is 1. The van der Waals surface area contributed by atoms with Crippen LogP contribution in [0.15, 0.2) is 18.5 Å². The van der Waals surface area contributed by atoms with Crippen LogP contribution in [0.5, 0.6) is 11.5 Å². The summed E-state index contributed by atoms with van der Waals surface area (Å²) in [6.45, 7) is 5.23. The van der Waals surface area contributed by atoms with Gasteiger partial charge in [0.15, 0.2) is 11.5 Å². The average molecular weight is 421 g/mol. The SMILES string of the molecule is COc1cc2c(N3CCNCC3)ncnc2cc1OCCCN1CCCC(F)(F)C1. The third-order valence-corrected chi connectivity index (χ3v) is 5.66. The van der Waals surface area contributed by atoms with Crippen LogP contribution in [0.1, 0.15) is 19.3 Å². The number of aromatic nitrogens is 2. The Kier molecular flexibility index (Phi) is 6.48. The van der Waals surface area contributed by atoms with Crippen molar-refractivity contribution in [3.63, 3.8) is 0 Å². The van der Waals surface area contributed by atoms with Crippen LogP contribution in [0.2, 0.25) is 0 Å². The third-order valence-electron chi connectivity index (χ3n) is 5.66. The number of piperazine rings is 1. The number of rotatable bonds is 7. The Balaban J connectivity index is 1.42. The minimum Gasteiger partial charge on any atom is -0.493 e. The van der Waals surface area contributed by atoms with Crippen LogP contribution in [0.3, 0.4) is 0 Å². The highest BCUT2D eigenvalue weighted by atomic mass is 19.3. The molecule has 2 aliphatic heterocycles. The first-order valence-corrected chi connectivity index (χ1v) is 10.6. The number of ether oxygens (including phenoxy) is 2. The lowest BCUT2D eigenvalue weighted by molar-refractivity contribution is -0.0644. The fourth-order valence-electron chi connectivity index (χ4n) is 4.16.